The number of nitrogens with zero attached hydrogens (tertiary/aromatic N) is 2. The summed E-state index contributed by atoms with van der Waals surface area (Å²) in [5, 5.41) is 3.90. The number of alkyl carbamates (subject to hydrolysis) is 1. The van der Waals surface area contributed by atoms with Crippen molar-refractivity contribution in [2.75, 3.05) is 0 Å². The van der Waals surface area contributed by atoms with E-state index in [1.54, 1.807) is 6.33 Å². The first kappa shape index (κ1) is 17.9. The third-order valence-corrected chi connectivity index (χ3v) is 4.05. The quantitative estimate of drug-likeness (QED) is 0.733. The van der Waals surface area contributed by atoms with Crippen LogP contribution in [-0.4, -0.2) is 26.6 Å². The summed E-state index contributed by atoms with van der Waals surface area (Å²) in [4.78, 5) is 23.8. The Morgan fingerprint density at radius 2 is 1.73 bits per heavy atom. The molecule has 136 valence electrons. The Morgan fingerprint density at radius 1 is 1.04 bits per heavy atom. The number of rotatable bonds is 3. The highest BCUT2D eigenvalue weighted by Gasteiger charge is 2.26. The van der Waals surface area contributed by atoms with Crippen LogP contribution in [-0.2, 0) is 10.3 Å². The molecule has 0 aliphatic rings. The van der Waals surface area contributed by atoms with E-state index in [1.807, 2.05) is 71.1 Å². The van der Waals surface area contributed by atoms with E-state index in [9.17, 15) is 4.79 Å². The van der Waals surface area contributed by atoms with Crippen LogP contribution in [0.25, 0.3) is 22.3 Å². The molecule has 0 saturated carbocycles. The SMILES string of the molecule is CC(C)(C)OC(=O)NC(C)(C)c1ccc(-c2ncnc3[nH]ccc23)cc1. The molecule has 0 unspecified atom stereocenters. The Morgan fingerprint density at radius 3 is 2.38 bits per heavy atom. The summed E-state index contributed by atoms with van der Waals surface area (Å²) >= 11 is 0. The maximum Gasteiger partial charge on any atom is 0.408 e. The first-order valence-electron chi connectivity index (χ1n) is 8.56. The minimum atomic E-state index is -0.560. The second-order valence-corrected chi connectivity index (χ2v) is 7.79. The van der Waals surface area contributed by atoms with Crippen molar-refractivity contribution < 1.29 is 9.53 Å². The molecule has 1 aromatic carbocycles. The van der Waals surface area contributed by atoms with Crippen LogP contribution < -0.4 is 5.32 Å². The number of aromatic amines is 1. The van der Waals surface area contributed by atoms with Crippen molar-refractivity contribution in [2.24, 2.45) is 0 Å². The zero-order chi connectivity index (χ0) is 18.9. The number of amides is 1. The molecule has 0 spiro atoms. The lowest BCUT2D eigenvalue weighted by molar-refractivity contribution is 0.0470. The second-order valence-electron chi connectivity index (χ2n) is 7.79. The minimum absolute atomic E-state index is 0.434. The van der Waals surface area contributed by atoms with Crippen LogP contribution in [0.3, 0.4) is 0 Å². The summed E-state index contributed by atoms with van der Waals surface area (Å²) in [6.45, 7) is 9.43. The van der Waals surface area contributed by atoms with E-state index in [-0.39, 0.29) is 0 Å². The zero-order valence-corrected chi connectivity index (χ0v) is 15.8. The van der Waals surface area contributed by atoms with Gasteiger partial charge < -0.3 is 15.0 Å². The molecule has 2 aromatic heterocycles. The smallest absolute Gasteiger partial charge is 0.408 e. The molecule has 6 heteroatoms. The molecule has 2 heterocycles. The van der Waals surface area contributed by atoms with Gasteiger partial charge >= 0.3 is 6.09 Å². The van der Waals surface area contributed by atoms with E-state index < -0.39 is 17.2 Å². The highest BCUT2D eigenvalue weighted by molar-refractivity contribution is 5.90. The maximum absolute atomic E-state index is 12.1. The van der Waals surface area contributed by atoms with Crippen molar-refractivity contribution >= 4 is 17.1 Å². The topological polar surface area (TPSA) is 79.9 Å². The van der Waals surface area contributed by atoms with Gasteiger partial charge in [-0.15, -0.1) is 0 Å². The van der Waals surface area contributed by atoms with Crippen LogP contribution in [0.5, 0.6) is 0 Å². The third kappa shape index (κ3) is 3.85. The number of carbonyl (C=O) groups excluding carboxylic acids is 1. The summed E-state index contributed by atoms with van der Waals surface area (Å²) in [5.41, 5.74) is 2.57. The number of nitrogens with one attached hydrogen (secondary N) is 2. The summed E-state index contributed by atoms with van der Waals surface area (Å²) in [5.74, 6) is 0. The molecule has 0 atom stereocenters. The molecule has 26 heavy (non-hydrogen) atoms. The predicted octanol–water partition coefficient (Wildman–Crippen LogP) is 4.38. The molecule has 0 fully saturated rings. The van der Waals surface area contributed by atoms with Gasteiger partial charge in [0.15, 0.2) is 0 Å². The zero-order valence-electron chi connectivity index (χ0n) is 15.8. The van der Waals surface area contributed by atoms with Crippen LogP contribution in [0.1, 0.15) is 40.2 Å². The Bertz CT molecular complexity index is 921. The summed E-state index contributed by atoms with van der Waals surface area (Å²) in [7, 11) is 0. The van der Waals surface area contributed by atoms with Crippen molar-refractivity contribution in [2.45, 2.75) is 45.8 Å². The van der Waals surface area contributed by atoms with E-state index in [0.29, 0.717) is 0 Å². The average molecular weight is 352 g/mol. The fourth-order valence-electron chi connectivity index (χ4n) is 2.78. The van der Waals surface area contributed by atoms with Crippen molar-refractivity contribution in [3.8, 4) is 11.3 Å². The fraction of sp³-hybridized carbons (Fsp3) is 0.350. The van der Waals surface area contributed by atoms with Gasteiger partial charge in [-0.3, -0.25) is 0 Å². The number of fused-ring (bicyclic) bond motifs is 1. The molecule has 2 N–H and O–H groups in total. The van der Waals surface area contributed by atoms with Gasteiger partial charge in [-0.1, -0.05) is 24.3 Å². The second kappa shape index (κ2) is 6.44. The lowest BCUT2D eigenvalue weighted by Crippen LogP contribution is -2.43. The van der Waals surface area contributed by atoms with Crippen molar-refractivity contribution in [3.63, 3.8) is 0 Å². The Kier molecular flexibility index (Phi) is 4.44. The van der Waals surface area contributed by atoms with Gasteiger partial charge in [0, 0.05) is 17.1 Å². The van der Waals surface area contributed by atoms with E-state index in [2.05, 4.69) is 20.3 Å². The molecule has 0 aliphatic carbocycles. The Balaban J connectivity index is 1.82. The van der Waals surface area contributed by atoms with Gasteiger partial charge in [0.1, 0.15) is 17.6 Å². The predicted molar refractivity (Wildman–Crippen MR) is 102 cm³/mol. The van der Waals surface area contributed by atoms with Crippen LogP contribution in [0.2, 0.25) is 0 Å². The highest BCUT2D eigenvalue weighted by atomic mass is 16.6. The van der Waals surface area contributed by atoms with Gasteiger partial charge in [-0.05, 0) is 46.2 Å². The minimum Gasteiger partial charge on any atom is -0.444 e. The number of hydrogen-bond acceptors (Lipinski definition) is 4. The third-order valence-electron chi connectivity index (χ3n) is 4.05. The van der Waals surface area contributed by atoms with E-state index in [0.717, 1.165) is 27.9 Å². The first-order chi connectivity index (χ1) is 12.2. The largest absolute Gasteiger partial charge is 0.444 e. The number of H-pyrrole nitrogens is 1. The van der Waals surface area contributed by atoms with E-state index >= 15 is 0 Å². The van der Waals surface area contributed by atoms with Gasteiger partial charge in [0.05, 0.1) is 11.2 Å². The number of benzene rings is 1. The number of ether oxygens (including phenoxy) is 1. The normalized spacial score (nSPS) is 12.2. The van der Waals surface area contributed by atoms with Crippen molar-refractivity contribution in [1.82, 2.24) is 20.3 Å². The monoisotopic (exact) mass is 352 g/mol. The first-order valence-corrected chi connectivity index (χ1v) is 8.56. The van der Waals surface area contributed by atoms with Crippen LogP contribution in [0.15, 0.2) is 42.9 Å². The van der Waals surface area contributed by atoms with Gasteiger partial charge in [-0.2, -0.15) is 0 Å². The molecular formula is C20H24N4O2. The van der Waals surface area contributed by atoms with Gasteiger partial charge in [0.25, 0.3) is 0 Å². The van der Waals surface area contributed by atoms with Crippen LogP contribution in [0, 0.1) is 0 Å². The van der Waals surface area contributed by atoms with Crippen LogP contribution >= 0.6 is 0 Å². The lowest BCUT2D eigenvalue weighted by atomic mass is 9.93. The Labute approximate surface area is 153 Å². The van der Waals surface area contributed by atoms with E-state index in [4.69, 9.17) is 4.74 Å². The van der Waals surface area contributed by atoms with Gasteiger partial charge in [-0.25, -0.2) is 14.8 Å². The molecule has 3 rings (SSSR count). The number of hydrogen-bond donors (Lipinski definition) is 2. The molecule has 0 radical (unpaired) electrons. The lowest BCUT2D eigenvalue weighted by Gasteiger charge is -2.29. The number of aromatic nitrogens is 3. The number of carbonyl (C=O) groups is 1. The fourth-order valence-corrected chi connectivity index (χ4v) is 2.78. The standard InChI is InChI=1S/C20H24N4O2/c1-19(2,3)26-18(25)24-20(4,5)14-8-6-13(7-9-14)16-15-10-11-21-17(15)23-12-22-16/h6-12H,1-5H3,(H,24,25)(H,21,22,23). The van der Waals surface area contributed by atoms with Crippen molar-refractivity contribution in [1.29, 1.82) is 0 Å². The molecule has 0 bridgehead atoms. The highest BCUT2D eigenvalue weighted by Crippen LogP contribution is 2.28. The van der Waals surface area contributed by atoms with Crippen molar-refractivity contribution in [3.05, 3.63) is 48.4 Å². The molecule has 0 aliphatic heterocycles. The van der Waals surface area contributed by atoms with Crippen LogP contribution in [0.4, 0.5) is 4.79 Å². The molecule has 1 amide bonds. The molecule has 6 nitrogen and oxygen atoms in total. The van der Waals surface area contributed by atoms with Gasteiger partial charge in [0.2, 0.25) is 0 Å². The molecule has 0 saturated heterocycles. The molecular weight excluding hydrogens is 328 g/mol. The average Bonchev–Trinajstić information content (AvgIpc) is 3.01. The summed E-state index contributed by atoms with van der Waals surface area (Å²) in [6.07, 6.45) is 2.97. The maximum atomic E-state index is 12.1. The van der Waals surface area contributed by atoms with E-state index in [1.165, 1.54) is 0 Å². The summed E-state index contributed by atoms with van der Waals surface area (Å²) in [6, 6.07) is 9.96. The summed E-state index contributed by atoms with van der Waals surface area (Å²) < 4.78 is 5.36. The Hall–Kier alpha value is -2.89. The molecule has 3 aromatic rings.